The Morgan fingerprint density at radius 3 is 3.00 bits per heavy atom. The minimum absolute atomic E-state index is 0.0888. The van der Waals surface area contributed by atoms with Crippen molar-refractivity contribution in [3.05, 3.63) is 18.4 Å². The van der Waals surface area contributed by atoms with Crippen molar-refractivity contribution in [3.8, 4) is 0 Å². The number of furan rings is 1. The van der Waals surface area contributed by atoms with E-state index in [9.17, 15) is 13.2 Å². The van der Waals surface area contributed by atoms with Gasteiger partial charge in [0, 0.05) is 32.7 Å². The van der Waals surface area contributed by atoms with Gasteiger partial charge < -0.3 is 14.5 Å². The molecule has 1 N–H and O–H groups in total. The summed E-state index contributed by atoms with van der Waals surface area (Å²) in [6.45, 7) is 1.32. The molecule has 3 rings (SSSR count). The smallest absolute Gasteiger partial charge is 0.276 e. The fraction of sp³-hybridized carbons (Fsp3) is 0.615. The Balaban J connectivity index is 1.93. The number of ether oxygens (including phenoxy) is 1. The van der Waals surface area contributed by atoms with Crippen LogP contribution in [0.1, 0.15) is 6.42 Å². The van der Waals surface area contributed by atoms with Crippen LogP contribution >= 0.6 is 0 Å². The Morgan fingerprint density at radius 2 is 2.33 bits per heavy atom. The van der Waals surface area contributed by atoms with Crippen molar-refractivity contribution >= 4 is 15.9 Å². The monoisotopic (exact) mass is 314 g/mol. The third kappa shape index (κ3) is 2.18. The van der Waals surface area contributed by atoms with E-state index >= 15 is 0 Å². The Kier molecular flexibility index (Phi) is 3.54. The molecular formula is C13H18N2O5S. The van der Waals surface area contributed by atoms with E-state index in [-0.39, 0.29) is 30.0 Å². The largest absolute Gasteiger partial charge is 0.452 e. The Morgan fingerprint density at radius 1 is 1.52 bits per heavy atom. The molecule has 0 bridgehead atoms. The van der Waals surface area contributed by atoms with Gasteiger partial charge in [-0.25, -0.2) is 8.42 Å². The maximum absolute atomic E-state index is 12.6. The second kappa shape index (κ2) is 5.11. The van der Waals surface area contributed by atoms with Gasteiger partial charge in [0.15, 0.2) is 0 Å². The van der Waals surface area contributed by atoms with Crippen molar-refractivity contribution in [1.82, 2.24) is 9.62 Å². The normalized spacial score (nSPS) is 30.0. The molecule has 2 saturated heterocycles. The molecule has 0 radical (unpaired) electrons. The predicted molar refractivity (Wildman–Crippen MR) is 72.9 cm³/mol. The summed E-state index contributed by atoms with van der Waals surface area (Å²) >= 11 is 0. The van der Waals surface area contributed by atoms with Gasteiger partial charge in [-0.1, -0.05) is 0 Å². The molecule has 116 valence electrons. The molecule has 0 aromatic carbocycles. The number of hydrogen-bond donors (Lipinski definition) is 1. The molecule has 8 heteroatoms. The third-order valence-corrected chi connectivity index (χ3v) is 6.14. The summed E-state index contributed by atoms with van der Waals surface area (Å²) in [5.41, 5.74) is -0.702. The highest BCUT2D eigenvalue weighted by Gasteiger charge is 2.56. The fourth-order valence-electron chi connectivity index (χ4n) is 3.24. The minimum Gasteiger partial charge on any atom is -0.452 e. The Hall–Kier alpha value is -1.38. The molecule has 1 aromatic heterocycles. The number of nitrogens with one attached hydrogen (secondary N) is 1. The highest BCUT2D eigenvalue weighted by molar-refractivity contribution is 7.89. The number of rotatable bonds is 3. The van der Waals surface area contributed by atoms with E-state index in [2.05, 4.69) is 5.32 Å². The lowest BCUT2D eigenvalue weighted by Gasteiger charge is -2.36. The number of hydrogen-bond acceptors (Lipinski definition) is 5. The van der Waals surface area contributed by atoms with Crippen molar-refractivity contribution in [2.24, 2.45) is 11.3 Å². The van der Waals surface area contributed by atoms with Crippen molar-refractivity contribution in [2.75, 3.05) is 33.4 Å². The minimum atomic E-state index is -3.70. The van der Waals surface area contributed by atoms with Crippen LogP contribution in [0.4, 0.5) is 0 Å². The van der Waals surface area contributed by atoms with Gasteiger partial charge >= 0.3 is 0 Å². The molecule has 0 spiro atoms. The first-order chi connectivity index (χ1) is 10.0. The topological polar surface area (TPSA) is 88.9 Å². The lowest BCUT2D eigenvalue weighted by atomic mass is 9.73. The zero-order valence-corrected chi connectivity index (χ0v) is 12.6. The van der Waals surface area contributed by atoms with Gasteiger partial charge in [-0.2, -0.15) is 4.31 Å². The van der Waals surface area contributed by atoms with Crippen molar-refractivity contribution in [2.45, 2.75) is 11.5 Å². The summed E-state index contributed by atoms with van der Waals surface area (Å²) in [5.74, 6) is -0.246. The Bertz CT molecular complexity index is 627. The van der Waals surface area contributed by atoms with Crippen LogP contribution in [0.5, 0.6) is 0 Å². The zero-order chi connectivity index (χ0) is 15.1. The highest BCUT2D eigenvalue weighted by atomic mass is 32.2. The number of amides is 1. The average molecular weight is 314 g/mol. The fourth-order valence-corrected chi connectivity index (χ4v) is 4.70. The summed E-state index contributed by atoms with van der Waals surface area (Å²) in [5, 5.41) is 2.58. The van der Waals surface area contributed by atoms with E-state index in [0.29, 0.717) is 19.6 Å². The van der Waals surface area contributed by atoms with Gasteiger partial charge in [-0.05, 0) is 18.6 Å². The molecule has 21 heavy (non-hydrogen) atoms. The van der Waals surface area contributed by atoms with E-state index in [1.165, 1.54) is 22.7 Å². The molecule has 1 amide bonds. The summed E-state index contributed by atoms with van der Waals surface area (Å²) in [4.78, 5) is 12.3. The molecule has 0 unspecified atom stereocenters. The van der Waals surface area contributed by atoms with Gasteiger partial charge in [0.1, 0.15) is 0 Å². The maximum atomic E-state index is 12.6. The number of sulfonamides is 1. The van der Waals surface area contributed by atoms with E-state index in [1.54, 1.807) is 7.05 Å². The Labute approximate surface area is 123 Å². The molecule has 2 aliphatic heterocycles. The van der Waals surface area contributed by atoms with Crippen LogP contribution in [0.2, 0.25) is 0 Å². The highest BCUT2D eigenvalue weighted by Crippen LogP contribution is 2.44. The SMILES string of the molecule is CNC(=O)[C@]12CCOC[C@H]1CN(S(=O)(=O)c1ccco1)C2. The third-order valence-electron chi connectivity index (χ3n) is 4.44. The molecule has 1 aromatic rings. The number of fused-ring (bicyclic) bond motifs is 1. The van der Waals surface area contributed by atoms with Crippen molar-refractivity contribution < 1.29 is 22.4 Å². The first-order valence-corrected chi connectivity index (χ1v) is 8.28. The number of carbonyl (C=O) groups is 1. The maximum Gasteiger partial charge on any atom is 0.276 e. The quantitative estimate of drug-likeness (QED) is 0.852. The van der Waals surface area contributed by atoms with Crippen LogP contribution in [0.25, 0.3) is 0 Å². The molecular weight excluding hydrogens is 296 g/mol. The molecule has 7 nitrogen and oxygen atoms in total. The van der Waals surface area contributed by atoms with E-state index in [4.69, 9.17) is 9.15 Å². The summed E-state index contributed by atoms with van der Waals surface area (Å²) in [7, 11) is -2.13. The van der Waals surface area contributed by atoms with Crippen LogP contribution in [0, 0.1) is 11.3 Å². The van der Waals surface area contributed by atoms with Gasteiger partial charge in [-0.15, -0.1) is 0 Å². The van der Waals surface area contributed by atoms with Crippen LogP contribution < -0.4 is 5.32 Å². The van der Waals surface area contributed by atoms with Gasteiger partial charge in [0.05, 0.1) is 18.3 Å². The van der Waals surface area contributed by atoms with Crippen LogP contribution in [-0.4, -0.2) is 52.0 Å². The summed E-state index contributed by atoms with van der Waals surface area (Å²) < 4.78 is 36.9. The van der Waals surface area contributed by atoms with Crippen LogP contribution in [0.15, 0.2) is 27.9 Å². The lowest BCUT2D eigenvalue weighted by Crippen LogP contribution is -2.49. The van der Waals surface area contributed by atoms with Gasteiger partial charge in [-0.3, -0.25) is 4.79 Å². The predicted octanol–water partition coefficient (Wildman–Crippen LogP) is 0.0528. The van der Waals surface area contributed by atoms with Crippen LogP contribution in [-0.2, 0) is 19.6 Å². The molecule has 2 aliphatic rings. The van der Waals surface area contributed by atoms with Gasteiger partial charge in [0.2, 0.25) is 11.0 Å². The van der Waals surface area contributed by atoms with Crippen molar-refractivity contribution in [1.29, 1.82) is 0 Å². The molecule has 2 atom stereocenters. The number of carbonyl (C=O) groups excluding carboxylic acids is 1. The van der Waals surface area contributed by atoms with Gasteiger partial charge in [0.25, 0.3) is 10.0 Å². The molecule has 3 heterocycles. The van der Waals surface area contributed by atoms with E-state index in [1.807, 2.05) is 0 Å². The molecule has 0 aliphatic carbocycles. The lowest BCUT2D eigenvalue weighted by molar-refractivity contribution is -0.138. The zero-order valence-electron chi connectivity index (χ0n) is 11.7. The van der Waals surface area contributed by atoms with E-state index in [0.717, 1.165) is 0 Å². The second-order valence-corrected chi connectivity index (χ2v) is 7.36. The second-order valence-electron chi connectivity index (χ2n) is 5.49. The summed E-state index contributed by atoms with van der Waals surface area (Å²) in [6.07, 6.45) is 1.86. The first-order valence-electron chi connectivity index (χ1n) is 6.84. The van der Waals surface area contributed by atoms with E-state index < -0.39 is 15.4 Å². The number of nitrogens with zero attached hydrogens (tertiary/aromatic N) is 1. The van der Waals surface area contributed by atoms with Crippen LogP contribution in [0.3, 0.4) is 0 Å². The first kappa shape index (κ1) is 14.6. The molecule has 2 fully saturated rings. The van der Waals surface area contributed by atoms with Crippen molar-refractivity contribution in [3.63, 3.8) is 0 Å². The average Bonchev–Trinajstić information content (AvgIpc) is 3.14. The molecule has 0 saturated carbocycles. The standard InChI is InChI=1S/C13H18N2O5S/c1-14-12(16)13-4-6-19-8-10(13)7-15(9-13)21(17,18)11-3-2-5-20-11/h2-3,5,10H,4,6-9H2,1H3,(H,14,16)/t10-,13+/m1/s1. The summed E-state index contributed by atoms with van der Waals surface area (Å²) in [6, 6.07) is 2.95.